The first-order valence-corrected chi connectivity index (χ1v) is 22.9. The van der Waals surface area contributed by atoms with Crippen molar-refractivity contribution in [2.24, 2.45) is 11.8 Å². The van der Waals surface area contributed by atoms with E-state index in [1.165, 1.54) is 0 Å². The highest BCUT2D eigenvalue weighted by molar-refractivity contribution is 7.19. The number of amides is 2. The Labute approximate surface area is 375 Å². The molecule has 62 heavy (non-hydrogen) atoms. The average Bonchev–Trinajstić information content (AvgIpc) is 4.17. The lowest BCUT2D eigenvalue weighted by Gasteiger charge is -2.43. The Kier molecular flexibility index (Phi) is 12.3. The van der Waals surface area contributed by atoms with Crippen LogP contribution in [0.15, 0.2) is 97.1 Å². The number of aliphatic carboxylic acids is 2. The predicted molar refractivity (Wildman–Crippen MR) is 236 cm³/mol. The lowest BCUT2D eigenvalue weighted by Crippen LogP contribution is -2.52. The quantitative estimate of drug-likeness (QED) is 0.121. The van der Waals surface area contributed by atoms with E-state index in [1.807, 2.05) is 84.9 Å². The van der Waals surface area contributed by atoms with E-state index < -0.39 is 48.4 Å². The molecule has 4 fully saturated rings. The van der Waals surface area contributed by atoms with Crippen LogP contribution in [0, 0.1) is 11.8 Å². The van der Waals surface area contributed by atoms with E-state index in [-0.39, 0.29) is 24.7 Å². The fourth-order valence-corrected chi connectivity index (χ4v) is 10.8. The van der Waals surface area contributed by atoms with Crippen molar-refractivity contribution in [1.82, 2.24) is 19.8 Å². The molecule has 0 bridgehead atoms. The number of carbonyl (C=O) groups excluding carboxylic acids is 2. The van der Waals surface area contributed by atoms with E-state index in [1.54, 1.807) is 44.6 Å². The SMILES string of the molecule is O=C(O)C[C@@H]1O[C@H](c2cccc(Cl)c2)[C@@H](c2nc3ccccc3s2)N(CC2CC2)C1=O.O=C(O)C[C@H]1O[C@H](c2cccc(Cl)c2)[C@@H](c2nc3ccccc3s2)N(CC2CC2)C1=O. The molecule has 0 radical (unpaired) electrons. The highest BCUT2D eigenvalue weighted by Crippen LogP contribution is 2.48. The van der Waals surface area contributed by atoms with E-state index >= 15 is 0 Å². The Morgan fingerprint density at radius 3 is 1.37 bits per heavy atom. The molecular formula is C46H42Cl2N4O8S2. The third-order valence-corrected chi connectivity index (χ3v) is 14.2. The van der Waals surface area contributed by atoms with Gasteiger partial charge in [-0.25, -0.2) is 9.97 Å². The maximum atomic E-state index is 13.4. The van der Waals surface area contributed by atoms with Crippen LogP contribution < -0.4 is 0 Å². The van der Waals surface area contributed by atoms with Gasteiger partial charge in [-0.2, -0.15) is 0 Å². The minimum atomic E-state index is -1.06. The van der Waals surface area contributed by atoms with Crippen LogP contribution in [0.2, 0.25) is 10.0 Å². The molecular weight excluding hydrogens is 872 g/mol. The van der Waals surface area contributed by atoms with Crippen molar-refractivity contribution in [2.75, 3.05) is 13.1 Å². The van der Waals surface area contributed by atoms with Crippen molar-refractivity contribution < 1.29 is 38.9 Å². The fraction of sp³-hybridized carbons (Fsp3) is 0.348. The molecule has 16 heteroatoms. The Morgan fingerprint density at radius 1 is 0.613 bits per heavy atom. The second kappa shape index (κ2) is 18.0. The number of carboxylic acid groups (broad SMARTS) is 2. The number of nitrogens with zero attached hydrogens (tertiary/aromatic N) is 4. The van der Waals surface area contributed by atoms with Gasteiger partial charge in [0.25, 0.3) is 11.8 Å². The molecule has 0 unspecified atom stereocenters. The summed E-state index contributed by atoms with van der Waals surface area (Å²) in [5.41, 5.74) is 3.36. The maximum absolute atomic E-state index is 13.4. The third-order valence-electron chi connectivity index (χ3n) is 11.5. The first-order chi connectivity index (χ1) is 30.0. The van der Waals surface area contributed by atoms with E-state index in [2.05, 4.69) is 0 Å². The van der Waals surface area contributed by atoms with Gasteiger partial charge in [0.15, 0.2) is 0 Å². The normalized spacial score (nSPS) is 24.0. The van der Waals surface area contributed by atoms with Gasteiger partial charge in [-0.3, -0.25) is 19.2 Å². The van der Waals surface area contributed by atoms with Crippen LogP contribution >= 0.6 is 45.9 Å². The average molecular weight is 914 g/mol. The first kappa shape index (κ1) is 42.3. The molecule has 2 amide bonds. The van der Waals surface area contributed by atoms with Crippen molar-refractivity contribution in [3.8, 4) is 0 Å². The summed E-state index contributed by atoms with van der Waals surface area (Å²) in [5.74, 6) is -1.82. The number of morpholine rings is 2. The number of thiazole rings is 2. The van der Waals surface area contributed by atoms with E-state index in [4.69, 9.17) is 42.6 Å². The van der Waals surface area contributed by atoms with E-state index in [0.29, 0.717) is 35.0 Å². The Bertz CT molecular complexity index is 2400. The molecule has 320 valence electrons. The first-order valence-electron chi connectivity index (χ1n) is 20.6. The molecule has 4 heterocycles. The van der Waals surface area contributed by atoms with Crippen molar-refractivity contribution in [2.45, 2.75) is 75.0 Å². The minimum Gasteiger partial charge on any atom is -0.481 e. The summed E-state index contributed by atoms with van der Waals surface area (Å²) in [7, 11) is 0. The van der Waals surface area contributed by atoms with E-state index in [9.17, 15) is 29.4 Å². The number of aromatic nitrogens is 2. The molecule has 2 aliphatic carbocycles. The standard InChI is InChI=1S/2C23H21ClN2O4S/c2*24-15-5-3-4-14(10-15)21-20(22-25-16-6-1-2-7-18(16)31-22)26(12-13-8-9-13)23(29)17(30-21)11-19(27)28/h2*1-7,10,13,17,20-21H,8-9,11-12H2,(H,27,28)/t17-,20+,21-;17-,20-,21+/m10/s1. The number of fused-ring (bicyclic) bond motifs is 2. The van der Waals surface area contributed by atoms with Gasteiger partial charge in [0.2, 0.25) is 0 Å². The van der Waals surface area contributed by atoms with E-state index in [0.717, 1.165) is 67.3 Å². The fourth-order valence-electron chi connectivity index (χ4n) is 8.19. The van der Waals surface area contributed by atoms with Crippen LogP contribution in [0.5, 0.6) is 0 Å². The molecule has 4 aliphatic rings. The number of hydrogen-bond acceptors (Lipinski definition) is 10. The van der Waals surface area contributed by atoms with Crippen LogP contribution in [0.1, 0.15) is 84.0 Å². The van der Waals surface area contributed by atoms with Gasteiger partial charge in [-0.05, 0) is 97.2 Å². The van der Waals surface area contributed by atoms with Crippen LogP contribution in [0.4, 0.5) is 0 Å². The van der Waals surface area contributed by atoms with Gasteiger partial charge < -0.3 is 29.5 Å². The molecule has 6 aromatic rings. The maximum Gasteiger partial charge on any atom is 0.306 e. The molecule has 2 aliphatic heterocycles. The lowest BCUT2D eigenvalue weighted by atomic mass is 9.96. The second-order valence-corrected chi connectivity index (χ2v) is 19.2. The molecule has 2 saturated carbocycles. The highest BCUT2D eigenvalue weighted by atomic mass is 35.5. The largest absolute Gasteiger partial charge is 0.481 e. The summed E-state index contributed by atoms with van der Waals surface area (Å²) in [5, 5.41) is 21.4. The van der Waals surface area contributed by atoms with Crippen LogP contribution in [-0.4, -0.2) is 79.0 Å². The Balaban J connectivity index is 0.000000158. The molecule has 2 aromatic heterocycles. The van der Waals surface area contributed by atoms with Crippen LogP contribution in [0.25, 0.3) is 20.4 Å². The molecule has 2 saturated heterocycles. The summed E-state index contributed by atoms with van der Waals surface area (Å²) in [6.45, 7) is 1.16. The minimum absolute atomic E-state index is 0.281. The number of benzene rings is 4. The van der Waals surface area contributed by atoms with Crippen molar-refractivity contribution in [3.63, 3.8) is 0 Å². The second-order valence-electron chi connectivity index (χ2n) is 16.2. The predicted octanol–water partition coefficient (Wildman–Crippen LogP) is 9.69. The number of carboxylic acids is 2. The number of rotatable bonds is 12. The summed E-state index contributed by atoms with van der Waals surface area (Å²) in [4.78, 5) is 62.9. The zero-order valence-electron chi connectivity index (χ0n) is 33.2. The zero-order chi connectivity index (χ0) is 43.1. The number of carbonyl (C=O) groups is 4. The van der Waals surface area contributed by atoms with Gasteiger partial charge in [0.1, 0.15) is 46.5 Å². The monoisotopic (exact) mass is 912 g/mol. The number of hydrogen-bond donors (Lipinski definition) is 2. The van der Waals surface area contributed by atoms with Gasteiger partial charge in [0, 0.05) is 23.1 Å². The topological polar surface area (TPSA) is 159 Å². The molecule has 10 rings (SSSR count). The molecule has 4 aromatic carbocycles. The molecule has 2 N–H and O–H groups in total. The van der Waals surface area contributed by atoms with Gasteiger partial charge >= 0.3 is 11.9 Å². The van der Waals surface area contributed by atoms with Crippen molar-refractivity contribution in [3.05, 3.63) is 128 Å². The molecule has 0 spiro atoms. The Hall–Kier alpha value is -4.96. The summed E-state index contributed by atoms with van der Waals surface area (Å²) >= 11 is 15.6. The van der Waals surface area contributed by atoms with Crippen LogP contribution in [0.3, 0.4) is 0 Å². The van der Waals surface area contributed by atoms with Crippen molar-refractivity contribution in [1.29, 1.82) is 0 Å². The van der Waals surface area contributed by atoms with Gasteiger partial charge in [0.05, 0.1) is 33.3 Å². The van der Waals surface area contributed by atoms with Crippen LogP contribution in [-0.2, 0) is 28.7 Å². The smallest absolute Gasteiger partial charge is 0.306 e. The summed E-state index contributed by atoms with van der Waals surface area (Å²) in [6, 6.07) is 29.5. The molecule has 6 atom stereocenters. The Morgan fingerprint density at radius 2 is 1.02 bits per heavy atom. The number of para-hydroxylation sites is 2. The summed E-state index contributed by atoms with van der Waals surface area (Å²) in [6.07, 6.45) is 0.362. The number of ether oxygens (including phenoxy) is 2. The molecule has 12 nitrogen and oxygen atoms in total. The third kappa shape index (κ3) is 9.36. The lowest BCUT2D eigenvalue weighted by molar-refractivity contribution is -0.179. The number of halogens is 2. The zero-order valence-corrected chi connectivity index (χ0v) is 36.4. The van der Waals surface area contributed by atoms with Crippen molar-refractivity contribution >= 4 is 90.1 Å². The highest BCUT2D eigenvalue weighted by Gasteiger charge is 2.49. The van der Waals surface area contributed by atoms with Gasteiger partial charge in [-0.1, -0.05) is 71.7 Å². The summed E-state index contributed by atoms with van der Waals surface area (Å²) < 4.78 is 14.4. The van der Waals surface area contributed by atoms with Gasteiger partial charge in [-0.15, -0.1) is 22.7 Å².